The molecule has 17 heavy (non-hydrogen) atoms. The molecule has 0 fully saturated rings. The molecule has 0 saturated heterocycles. The smallest absolute Gasteiger partial charge is 0.0319 e. The molecule has 0 aliphatic rings. The van der Waals surface area contributed by atoms with E-state index < -0.39 is 0 Å². The van der Waals surface area contributed by atoms with Crippen molar-refractivity contribution in [2.75, 3.05) is 7.11 Å². The Bertz CT molecular complexity index is 306. The van der Waals surface area contributed by atoms with Gasteiger partial charge in [0.25, 0.3) is 0 Å². The van der Waals surface area contributed by atoms with E-state index in [1.54, 1.807) is 0 Å². The van der Waals surface area contributed by atoms with Gasteiger partial charge in [-0.25, -0.2) is 0 Å². The molecule has 3 N–H and O–H groups in total. The lowest BCUT2D eigenvalue weighted by Crippen LogP contribution is -1.62. The summed E-state index contributed by atoms with van der Waals surface area (Å²) >= 11 is 0. The van der Waals surface area contributed by atoms with Crippen LogP contribution in [0.2, 0.25) is 0 Å². The highest BCUT2D eigenvalue weighted by molar-refractivity contribution is 5.12. The van der Waals surface area contributed by atoms with Crippen LogP contribution in [0.15, 0.2) is 60.7 Å². The first-order valence-corrected chi connectivity index (χ1v) is 5.27. The molecule has 0 amide bonds. The van der Waals surface area contributed by atoms with E-state index in [1.165, 1.54) is 11.1 Å². The molecule has 0 atom stereocenters. The second kappa shape index (κ2) is 12.4. The summed E-state index contributed by atoms with van der Waals surface area (Å²) in [6.07, 6.45) is 0. The monoisotopic (exact) mass is 234 g/mol. The van der Waals surface area contributed by atoms with Crippen molar-refractivity contribution in [1.29, 1.82) is 0 Å². The maximum atomic E-state index is 7.00. The summed E-state index contributed by atoms with van der Waals surface area (Å²) < 4.78 is 0. The second-order valence-corrected chi connectivity index (χ2v) is 3.31. The first-order valence-electron chi connectivity index (χ1n) is 5.27. The number of aliphatic hydroxyl groups excluding tert-OH is 1. The number of hydrogen-bond donors (Lipinski definition) is 1. The quantitative estimate of drug-likeness (QED) is 0.748. The van der Waals surface area contributed by atoms with E-state index >= 15 is 0 Å². The summed E-state index contributed by atoms with van der Waals surface area (Å²) in [5, 5.41) is 7.00. The molecule has 0 aliphatic carbocycles. The van der Waals surface area contributed by atoms with E-state index in [1.807, 2.05) is 36.4 Å². The molecule has 0 aromatic heterocycles. The SMILES string of the molecule is CO.Cc1ccccc1.Cc1ccccc1.O. The summed E-state index contributed by atoms with van der Waals surface area (Å²) in [4.78, 5) is 0. The molecule has 2 aromatic rings. The summed E-state index contributed by atoms with van der Waals surface area (Å²) in [5.74, 6) is 0. The van der Waals surface area contributed by atoms with E-state index in [-0.39, 0.29) is 5.48 Å². The van der Waals surface area contributed by atoms with Gasteiger partial charge in [-0.1, -0.05) is 71.8 Å². The van der Waals surface area contributed by atoms with Crippen molar-refractivity contribution in [3.05, 3.63) is 71.8 Å². The normalized spacial score (nSPS) is 7.53. The van der Waals surface area contributed by atoms with E-state index in [0.717, 1.165) is 7.11 Å². The standard InChI is InChI=1S/2C7H8.CH4O.H2O/c2*1-7-5-3-2-4-6-7;1-2;/h2*2-6H,1H3;2H,1H3;1H2. The zero-order chi connectivity index (χ0) is 12.2. The fourth-order valence-corrected chi connectivity index (χ4v) is 1.07. The van der Waals surface area contributed by atoms with Crippen molar-refractivity contribution in [2.45, 2.75) is 13.8 Å². The third kappa shape index (κ3) is 10.6. The van der Waals surface area contributed by atoms with E-state index in [0.29, 0.717) is 0 Å². The van der Waals surface area contributed by atoms with Crippen LogP contribution in [-0.2, 0) is 0 Å². The van der Waals surface area contributed by atoms with Crippen LogP contribution < -0.4 is 0 Å². The molecule has 0 heterocycles. The van der Waals surface area contributed by atoms with Crippen LogP contribution >= 0.6 is 0 Å². The summed E-state index contributed by atoms with van der Waals surface area (Å²) in [7, 11) is 1.00. The van der Waals surface area contributed by atoms with Crippen molar-refractivity contribution in [1.82, 2.24) is 0 Å². The number of aliphatic hydroxyl groups is 1. The molecule has 0 aliphatic heterocycles. The fourth-order valence-electron chi connectivity index (χ4n) is 1.07. The molecule has 0 unspecified atom stereocenters. The van der Waals surface area contributed by atoms with Crippen LogP contribution in [0.5, 0.6) is 0 Å². The predicted molar refractivity (Wildman–Crippen MR) is 74.1 cm³/mol. The van der Waals surface area contributed by atoms with Crippen molar-refractivity contribution in [2.24, 2.45) is 0 Å². The highest BCUT2D eigenvalue weighted by Crippen LogP contribution is 1.92. The van der Waals surface area contributed by atoms with Crippen molar-refractivity contribution in [3.63, 3.8) is 0 Å². The second-order valence-electron chi connectivity index (χ2n) is 3.31. The third-order valence-corrected chi connectivity index (χ3v) is 1.88. The number of aryl methyl sites for hydroxylation is 2. The molecule has 0 bridgehead atoms. The molecule has 0 spiro atoms. The number of benzene rings is 2. The molecule has 2 rings (SSSR count). The molecular formula is C15H22O2. The molecule has 2 heteroatoms. The Balaban J connectivity index is 0. The Morgan fingerprint density at radius 2 is 0.824 bits per heavy atom. The van der Waals surface area contributed by atoms with Gasteiger partial charge >= 0.3 is 0 Å². The lowest BCUT2D eigenvalue weighted by atomic mass is 10.2. The average Bonchev–Trinajstić information content (AvgIpc) is 2.34. The van der Waals surface area contributed by atoms with Crippen LogP contribution in [0, 0.1) is 13.8 Å². The van der Waals surface area contributed by atoms with Crippen LogP contribution in [0.1, 0.15) is 11.1 Å². The zero-order valence-electron chi connectivity index (χ0n) is 10.7. The summed E-state index contributed by atoms with van der Waals surface area (Å²) in [5.41, 5.74) is 2.64. The predicted octanol–water partition coefficient (Wildman–Crippen LogP) is 2.77. The minimum Gasteiger partial charge on any atom is -0.412 e. The Hall–Kier alpha value is -1.64. The average molecular weight is 234 g/mol. The lowest BCUT2D eigenvalue weighted by molar-refractivity contribution is 0.399. The van der Waals surface area contributed by atoms with Crippen LogP contribution in [-0.4, -0.2) is 17.7 Å². The van der Waals surface area contributed by atoms with Gasteiger partial charge in [0.15, 0.2) is 0 Å². The van der Waals surface area contributed by atoms with Gasteiger partial charge in [-0.15, -0.1) is 0 Å². The zero-order valence-corrected chi connectivity index (χ0v) is 10.7. The van der Waals surface area contributed by atoms with Crippen molar-refractivity contribution >= 4 is 0 Å². The molecule has 0 radical (unpaired) electrons. The first-order chi connectivity index (χ1) is 7.79. The van der Waals surface area contributed by atoms with Crippen molar-refractivity contribution < 1.29 is 10.6 Å². The molecule has 94 valence electrons. The summed E-state index contributed by atoms with van der Waals surface area (Å²) in [6, 6.07) is 20.5. The van der Waals surface area contributed by atoms with Gasteiger partial charge in [-0.05, 0) is 13.8 Å². The van der Waals surface area contributed by atoms with E-state index in [9.17, 15) is 0 Å². The molecule has 2 nitrogen and oxygen atoms in total. The van der Waals surface area contributed by atoms with Gasteiger partial charge in [0.05, 0.1) is 0 Å². The maximum absolute atomic E-state index is 7.00. The lowest BCUT2D eigenvalue weighted by Gasteiger charge is -1.82. The van der Waals surface area contributed by atoms with Gasteiger partial charge in [-0.2, -0.15) is 0 Å². The van der Waals surface area contributed by atoms with Gasteiger partial charge in [0.1, 0.15) is 0 Å². The first kappa shape index (κ1) is 17.7. The minimum absolute atomic E-state index is 0. The Labute approximate surface area is 104 Å². The Morgan fingerprint density at radius 3 is 0.941 bits per heavy atom. The van der Waals surface area contributed by atoms with E-state index in [2.05, 4.69) is 38.1 Å². The molecule has 0 saturated carbocycles. The van der Waals surface area contributed by atoms with Crippen LogP contribution in [0.3, 0.4) is 0 Å². The highest BCUT2D eigenvalue weighted by Gasteiger charge is 1.72. The van der Waals surface area contributed by atoms with Gasteiger partial charge < -0.3 is 10.6 Å². The highest BCUT2D eigenvalue weighted by atomic mass is 16.2. The topological polar surface area (TPSA) is 51.7 Å². The molecule has 2 aromatic carbocycles. The van der Waals surface area contributed by atoms with Crippen molar-refractivity contribution in [3.8, 4) is 0 Å². The Morgan fingerprint density at radius 1 is 0.588 bits per heavy atom. The minimum atomic E-state index is 0. The number of rotatable bonds is 0. The van der Waals surface area contributed by atoms with E-state index in [4.69, 9.17) is 5.11 Å². The van der Waals surface area contributed by atoms with Crippen LogP contribution in [0.4, 0.5) is 0 Å². The summed E-state index contributed by atoms with van der Waals surface area (Å²) in [6.45, 7) is 4.17. The van der Waals surface area contributed by atoms with Gasteiger partial charge in [-0.3, -0.25) is 0 Å². The van der Waals surface area contributed by atoms with Crippen LogP contribution in [0.25, 0.3) is 0 Å². The number of hydrogen-bond acceptors (Lipinski definition) is 1. The largest absolute Gasteiger partial charge is 0.412 e. The van der Waals surface area contributed by atoms with Gasteiger partial charge in [0, 0.05) is 7.11 Å². The maximum Gasteiger partial charge on any atom is 0.0319 e. The Kier molecular flexibility index (Phi) is 13.0. The molecular weight excluding hydrogens is 212 g/mol. The fraction of sp³-hybridized carbons (Fsp3) is 0.200. The van der Waals surface area contributed by atoms with Gasteiger partial charge in [0.2, 0.25) is 0 Å². The third-order valence-electron chi connectivity index (χ3n) is 1.88.